The smallest absolute Gasteiger partial charge is 0.244 e. The summed E-state index contributed by atoms with van der Waals surface area (Å²) in [5.74, 6) is -0.712. The molecular formula is C25H34ClN3O4S. The maximum absolute atomic E-state index is 13.6. The number of halogens is 1. The van der Waals surface area contributed by atoms with Gasteiger partial charge in [-0.25, -0.2) is 8.42 Å². The van der Waals surface area contributed by atoms with Gasteiger partial charge in [-0.2, -0.15) is 0 Å². The molecule has 0 bridgehead atoms. The number of hydrogen-bond acceptors (Lipinski definition) is 4. The number of unbranched alkanes of at least 4 members (excludes halogenated alkanes) is 1. The van der Waals surface area contributed by atoms with E-state index in [2.05, 4.69) is 5.32 Å². The van der Waals surface area contributed by atoms with Crippen molar-refractivity contribution in [2.45, 2.75) is 52.6 Å². The highest BCUT2D eigenvalue weighted by molar-refractivity contribution is 7.92. The van der Waals surface area contributed by atoms with E-state index in [1.165, 1.54) is 11.0 Å². The van der Waals surface area contributed by atoms with E-state index in [9.17, 15) is 18.0 Å². The van der Waals surface area contributed by atoms with Crippen LogP contribution in [0.2, 0.25) is 5.02 Å². The molecule has 0 aliphatic rings. The Labute approximate surface area is 208 Å². The van der Waals surface area contributed by atoms with Gasteiger partial charge in [0.1, 0.15) is 12.6 Å². The predicted octanol–water partition coefficient (Wildman–Crippen LogP) is 4.14. The van der Waals surface area contributed by atoms with Gasteiger partial charge in [0.15, 0.2) is 0 Å². The topological polar surface area (TPSA) is 86.8 Å². The van der Waals surface area contributed by atoms with Crippen LogP contribution in [-0.4, -0.2) is 50.5 Å². The molecule has 7 nitrogen and oxygen atoms in total. The molecule has 2 rings (SSSR count). The first-order valence-corrected chi connectivity index (χ1v) is 13.7. The number of carbonyl (C=O) groups is 2. The van der Waals surface area contributed by atoms with Gasteiger partial charge in [0.2, 0.25) is 21.8 Å². The van der Waals surface area contributed by atoms with Gasteiger partial charge in [0.05, 0.1) is 11.9 Å². The summed E-state index contributed by atoms with van der Waals surface area (Å²) in [5, 5.41) is 3.27. The van der Waals surface area contributed by atoms with Crippen LogP contribution in [0.3, 0.4) is 0 Å². The Morgan fingerprint density at radius 3 is 2.35 bits per heavy atom. The fourth-order valence-electron chi connectivity index (χ4n) is 3.65. The number of benzene rings is 2. The zero-order valence-electron chi connectivity index (χ0n) is 20.3. The van der Waals surface area contributed by atoms with Gasteiger partial charge >= 0.3 is 0 Å². The average molecular weight is 508 g/mol. The largest absolute Gasteiger partial charge is 0.354 e. The Morgan fingerprint density at radius 1 is 1.09 bits per heavy atom. The number of nitrogens with zero attached hydrogens (tertiary/aromatic N) is 2. The Hall–Kier alpha value is -2.58. The summed E-state index contributed by atoms with van der Waals surface area (Å²) in [6.07, 6.45) is 3.22. The van der Waals surface area contributed by atoms with E-state index in [0.717, 1.165) is 29.0 Å². The van der Waals surface area contributed by atoms with Gasteiger partial charge in [-0.15, -0.1) is 0 Å². The van der Waals surface area contributed by atoms with E-state index in [4.69, 9.17) is 11.6 Å². The first kappa shape index (κ1) is 27.7. The van der Waals surface area contributed by atoms with Crippen LogP contribution in [0.15, 0.2) is 48.5 Å². The standard InChI is InChI=1S/C25H34ClN3O4S/c1-5-7-15-27-25(31)22(6-2)28(17-20-11-9-8-10-12-20)24(30)18-29(34(4,32)33)23-16-21(26)14-13-19(23)3/h8-14,16,22H,5-7,15,17-18H2,1-4H3,(H,27,31)/t22-/m0/s1. The molecule has 34 heavy (non-hydrogen) atoms. The molecule has 0 fully saturated rings. The number of aryl methyl sites for hydroxylation is 1. The van der Waals surface area contributed by atoms with Crippen molar-refractivity contribution in [1.82, 2.24) is 10.2 Å². The molecule has 2 aromatic rings. The van der Waals surface area contributed by atoms with Crippen LogP contribution in [0.1, 0.15) is 44.2 Å². The third kappa shape index (κ3) is 7.74. The predicted molar refractivity (Wildman–Crippen MR) is 137 cm³/mol. The summed E-state index contributed by atoms with van der Waals surface area (Å²) in [7, 11) is -3.80. The second-order valence-electron chi connectivity index (χ2n) is 8.28. The maximum atomic E-state index is 13.6. The van der Waals surface area contributed by atoms with Gasteiger partial charge in [-0.3, -0.25) is 13.9 Å². The lowest BCUT2D eigenvalue weighted by atomic mass is 10.1. The third-order valence-corrected chi connectivity index (χ3v) is 6.89. The van der Waals surface area contributed by atoms with Crippen molar-refractivity contribution in [3.63, 3.8) is 0 Å². The van der Waals surface area contributed by atoms with E-state index in [0.29, 0.717) is 29.2 Å². The molecule has 1 N–H and O–H groups in total. The van der Waals surface area contributed by atoms with Gasteiger partial charge in [-0.1, -0.05) is 68.3 Å². The molecule has 0 heterocycles. The van der Waals surface area contributed by atoms with Crippen molar-refractivity contribution >= 4 is 39.1 Å². The lowest BCUT2D eigenvalue weighted by Crippen LogP contribution is -2.52. The SMILES string of the molecule is CCCCNC(=O)[C@H](CC)N(Cc1ccccc1)C(=O)CN(c1cc(Cl)ccc1C)S(C)(=O)=O. The number of rotatable bonds is 12. The van der Waals surface area contributed by atoms with Crippen LogP contribution >= 0.6 is 11.6 Å². The van der Waals surface area contributed by atoms with Crippen molar-refractivity contribution in [3.05, 3.63) is 64.7 Å². The first-order chi connectivity index (χ1) is 16.1. The summed E-state index contributed by atoms with van der Waals surface area (Å²) in [6.45, 7) is 5.90. The van der Waals surface area contributed by atoms with Crippen LogP contribution in [0.25, 0.3) is 0 Å². The van der Waals surface area contributed by atoms with E-state index in [1.807, 2.05) is 44.2 Å². The Morgan fingerprint density at radius 2 is 1.76 bits per heavy atom. The third-order valence-electron chi connectivity index (χ3n) is 5.53. The van der Waals surface area contributed by atoms with Crippen molar-refractivity contribution in [2.24, 2.45) is 0 Å². The molecule has 0 saturated heterocycles. The number of sulfonamides is 1. The zero-order valence-corrected chi connectivity index (χ0v) is 21.8. The molecule has 2 aromatic carbocycles. The number of amides is 2. The fraction of sp³-hybridized carbons (Fsp3) is 0.440. The average Bonchev–Trinajstić information content (AvgIpc) is 2.79. The molecule has 0 saturated carbocycles. The molecule has 0 aliphatic heterocycles. The van der Waals surface area contributed by atoms with E-state index in [1.54, 1.807) is 19.1 Å². The summed E-state index contributed by atoms with van der Waals surface area (Å²) in [6, 6.07) is 13.5. The maximum Gasteiger partial charge on any atom is 0.244 e. The number of hydrogen-bond donors (Lipinski definition) is 1. The molecule has 0 radical (unpaired) electrons. The highest BCUT2D eigenvalue weighted by atomic mass is 35.5. The van der Waals surface area contributed by atoms with Crippen molar-refractivity contribution in [2.75, 3.05) is 23.7 Å². The monoisotopic (exact) mass is 507 g/mol. The summed E-state index contributed by atoms with van der Waals surface area (Å²) >= 11 is 6.12. The van der Waals surface area contributed by atoms with Gasteiger partial charge in [0, 0.05) is 18.1 Å². The summed E-state index contributed by atoms with van der Waals surface area (Å²) in [4.78, 5) is 28.1. The molecule has 9 heteroatoms. The minimum atomic E-state index is -3.80. The summed E-state index contributed by atoms with van der Waals surface area (Å²) in [5.41, 5.74) is 1.85. The molecule has 2 amide bonds. The van der Waals surface area contributed by atoms with E-state index >= 15 is 0 Å². The van der Waals surface area contributed by atoms with E-state index in [-0.39, 0.29) is 12.5 Å². The molecule has 0 aromatic heterocycles. The molecule has 0 aliphatic carbocycles. The highest BCUT2D eigenvalue weighted by Crippen LogP contribution is 2.27. The van der Waals surface area contributed by atoms with Gasteiger partial charge in [0.25, 0.3) is 0 Å². The minimum Gasteiger partial charge on any atom is -0.354 e. The molecule has 186 valence electrons. The number of carbonyl (C=O) groups excluding carboxylic acids is 2. The summed E-state index contributed by atoms with van der Waals surface area (Å²) < 4.78 is 26.4. The van der Waals surface area contributed by atoms with Crippen molar-refractivity contribution in [3.8, 4) is 0 Å². The van der Waals surface area contributed by atoms with Crippen LogP contribution in [0.5, 0.6) is 0 Å². The molecule has 0 spiro atoms. The zero-order chi connectivity index (χ0) is 25.3. The van der Waals surface area contributed by atoms with E-state index < -0.39 is 28.5 Å². The number of anilines is 1. The van der Waals surface area contributed by atoms with Gasteiger partial charge in [-0.05, 0) is 43.0 Å². The van der Waals surface area contributed by atoms with Crippen LogP contribution in [-0.2, 0) is 26.2 Å². The molecule has 0 unspecified atom stereocenters. The van der Waals surface area contributed by atoms with Crippen LogP contribution in [0.4, 0.5) is 5.69 Å². The Bertz CT molecular complexity index is 1080. The minimum absolute atomic E-state index is 0.186. The molecular weight excluding hydrogens is 474 g/mol. The van der Waals surface area contributed by atoms with Crippen molar-refractivity contribution < 1.29 is 18.0 Å². The van der Waals surface area contributed by atoms with Crippen LogP contribution in [0, 0.1) is 6.92 Å². The highest BCUT2D eigenvalue weighted by Gasteiger charge is 2.32. The second-order valence-corrected chi connectivity index (χ2v) is 10.6. The van der Waals surface area contributed by atoms with Crippen molar-refractivity contribution in [1.29, 1.82) is 0 Å². The normalized spacial score (nSPS) is 12.1. The lowest BCUT2D eigenvalue weighted by molar-refractivity contribution is -0.140. The quantitative estimate of drug-likeness (QED) is 0.437. The Balaban J connectivity index is 2.41. The Kier molecular flexibility index (Phi) is 10.4. The first-order valence-electron chi connectivity index (χ1n) is 11.4. The number of nitrogens with one attached hydrogen (secondary N) is 1. The van der Waals surface area contributed by atoms with Gasteiger partial charge < -0.3 is 10.2 Å². The fourth-order valence-corrected chi connectivity index (χ4v) is 4.72. The molecule has 1 atom stereocenters. The second kappa shape index (κ2) is 12.8. The lowest BCUT2D eigenvalue weighted by Gasteiger charge is -2.33. The van der Waals surface area contributed by atoms with Crippen LogP contribution < -0.4 is 9.62 Å².